The molecule has 1 aromatic heterocycles. The van der Waals surface area contributed by atoms with Crippen LogP contribution in [0.4, 0.5) is 17.6 Å². The fraction of sp³-hybridized carbons (Fsp3) is 0.154. The lowest BCUT2D eigenvalue weighted by Gasteiger charge is -2.11. The highest BCUT2D eigenvalue weighted by molar-refractivity contribution is 5.94. The number of rotatable bonds is 4. The van der Waals surface area contributed by atoms with Crippen molar-refractivity contribution < 1.29 is 31.9 Å². The predicted octanol–water partition coefficient (Wildman–Crippen LogP) is 2.30. The Morgan fingerprint density at radius 3 is 2.38 bits per heavy atom. The zero-order valence-electron chi connectivity index (χ0n) is 10.4. The summed E-state index contributed by atoms with van der Waals surface area (Å²) in [5, 5.41) is 11.6. The maximum Gasteiger partial charge on any atom is 0.257 e. The first kappa shape index (κ1) is 15.0. The van der Waals surface area contributed by atoms with Gasteiger partial charge in [-0.2, -0.15) is 0 Å². The Kier molecular flexibility index (Phi) is 4.27. The number of carbonyl (C=O) groups is 1. The molecule has 0 saturated carbocycles. The van der Waals surface area contributed by atoms with E-state index in [4.69, 9.17) is 4.42 Å². The summed E-state index contributed by atoms with van der Waals surface area (Å²) in [7, 11) is 0. The Balaban J connectivity index is 2.14. The molecule has 0 bridgehead atoms. The second-order valence-electron chi connectivity index (χ2n) is 4.08. The van der Waals surface area contributed by atoms with Gasteiger partial charge in [0.2, 0.25) is 0 Å². The lowest BCUT2D eigenvalue weighted by Crippen LogP contribution is -2.30. The smallest absolute Gasteiger partial charge is 0.257 e. The topological polar surface area (TPSA) is 62.5 Å². The Labute approximate surface area is 116 Å². The molecule has 1 aromatic carbocycles. The third-order valence-electron chi connectivity index (χ3n) is 2.67. The highest BCUT2D eigenvalue weighted by atomic mass is 19.2. The molecule has 0 aliphatic carbocycles. The number of halogens is 4. The van der Waals surface area contributed by atoms with E-state index in [-0.39, 0.29) is 11.8 Å². The number of benzene rings is 1. The standard InChI is InChI=1S/C13H9F4NO3/c14-6-4-7(15)12(17)10(11(6)16)13(20)18-5-8(19)9-2-1-3-21-9/h1-4,8,19H,5H2,(H,18,20). The van der Waals surface area contributed by atoms with Crippen molar-refractivity contribution in [1.29, 1.82) is 0 Å². The van der Waals surface area contributed by atoms with Crippen LogP contribution >= 0.6 is 0 Å². The molecule has 1 unspecified atom stereocenters. The third kappa shape index (κ3) is 3.05. The van der Waals surface area contributed by atoms with E-state index in [1.807, 2.05) is 5.32 Å². The molecule has 2 rings (SSSR count). The molecular weight excluding hydrogens is 294 g/mol. The molecule has 0 aliphatic heterocycles. The van der Waals surface area contributed by atoms with Crippen molar-refractivity contribution in [1.82, 2.24) is 5.32 Å². The van der Waals surface area contributed by atoms with E-state index in [0.717, 1.165) is 0 Å². The van der Waals surface area contributed by atoms with Crippen molar-refractivity contribution >= 4 is 5.91 Å². The molecule has 0 aliphatic rings. The van der Waals surface area contributed by atoms with E-state index in [1.54, 1.807) is 0 Å². The molecule has 2 aromatic rings. The molecule has 1 heterocycles. The van der Waals surface area contributed by atoms with Gasteiger partial charge in [0, 0.05) is 6.07 Å². The van der Waals surface area contributed by atoms with Gasteiger partial charge in [0.05, 0.1) is 12.8 Å². The first-order valence-electron chi connectivity index (χ1n) is 5.74. The van der Waals surface area contributed by atoms with Crippen LogP contribution in [0.5, 0.6) is 0 Å². The number of carbonyl (C=O) groups excluding carboxylic acids is 1. The second kappa shape index (κ2) is 5.96. The minimum absolute atomic E-state index is 0.000850. The van der Waals surface area contributed by atoms with Crippen LogP contribution in [0.1, 0.15) is 22.2 Å². The van der Waals surface area contributed by atoms with E-state index in [9.17, 15) is 27.5 Å². The minimum Gasteiger partial charge on any atom is -0.467 e. The van der Waals surface area contributed by atoms with Crippen molar-refractivity contribution in [3.8, 4) is 0 Å². The lowest BCUT2D eigenvalue weighted by molar-refractivity contribution is 0.0890. The zero-order valence-corrected chi connectivity index (χ0v) is 10.4. The van der Waals surface area contributed by atoms with E-state index in [2.05, 4.69) is 0 Å². The Bertz CT molecular complexity index is 632. The number of amides is 1. The van der Waals surface area contributed by atoms with Gasteiger partial charge in [0.15, 0.2) is 23.3 Å². The van der Waals surface area contributed by atoms with Gasteiger partial charge in [0.25, 0.3) is 5.91 Å². The summed E-state index contributed by atoms with van der Waals surface area (Å²) in [5.41, 5.74) is -1.39. The van der Waals surface area contributed by atoms with E-state index >= 15 is 0 Å². The maximum atomic E-state index is 13.4. The van der Waals surface area contributed by atoms with Crippen LogP contribution in [-0.2, 0) is 0 Å². The quantitative estimate of drug-likeness (QED) is 0.673. The minimum atomic E-state index is -1.81. The number of hydrogen-bond acceptors (Lipinski definition) is 3. The van der Waals surface area contributed by atoms with Crippen LogP contribution in [0.3, 0.4) is 0 Å². The average molecular weight is 303 g/mol. The molecule has 0 radical (unpaired) electrons. The zero-order chi connectivity index (χ0) is 15.6. The molecule has 4 nitrogen and oxygen atoms in total. The van der Waals surface area contributed by atoms with Gasteiger partial charge in [-0.05, 0) is 12.1 Å². The van der Waals surface area contributed by atoms with Gasteiger partial charge in [-0.25, -0.2) is 17.6 Å². The Morgan fingerprint density at radius 2 is 1.86 bits per heavy atom. The molecule has 0 spiro atoms. The van der Waals surface area contributed by atoms with Crippen LogP contribution < -0.4 is 5.32 Å². The van der Waals surface area contributed by atoms with Crippen molar-refractivity contribution in [2.24, 2.45) is 0 Å². The monoisotopic (exact) mass is 303 g/mol. The summed E-state index contributed by atoms with van der Waals surface area (Å²) < 4.78 is 57.5. The summed E-state index contributed by atoms with van der Waals surface area (Å²) in [6, 6.07) is 2.90. The molecule has 0 saturated heterocycles. The third-order valence-corrected chi connectivity index (χ3v) is 2.67. The van der Waals surface area contributed by atoms with Crippen LogP contribution in [0.2, 0.25) is 0 Å². The van der Waals surface area contributed by atoms with E-state index in [0.29, 0.717) is 0 Å². The molecule has 0 fully saturated rings. The highest BCUT2D eigenvalue weighted by Crippen LogP contribution is 2.19. The first-order chi connectivity index (χ1) is 9.91. The number of furan rings is 1. The number of aliphatic hydroxyl groups is 1. The van der Waals surface area contributed by atoms with E-state index < -0.39 is 47.4 Å². The number of nitrogens with one attached hydrogen (secondary N) is 1. The number of hydrogen-bond donors (Lipinski definition) is 2. The Hall–Kier alpha value is -2.35. The normalized spacial score (nSPS) is 12.2. The van der Waals surface area contributed by atoms with E-state index in [1.165, 1.54) is 18.4 Å². The van der Waals surface area contributed by atoms with Crippen molar-refractivity contribution in [2.75, 3.05) is 6.54 Å². The van der Waals surface area contributed by atoms with Crippen molar-refractivity contribution in [3.05, 3.63) is 59.1 Å². The highest BCUT2D eigenvalue weighted by Gasteiger charge is 2.25. The van der Waals surface area contributed by atoms with Gasteiger partial charge in [0.1, 0.15) is 17.4 Å². The van der Waals surface area contributed by atoms with Crippen LogP contribution in [0, 0.1) is 23.3 Å². The first-order valence-corrected chi connectivity index (χ1v) is 5.74. The number of aliphatic hydroxyl groups excluding tert-OH is 1. The van der Waals surface area contributed by atoms with Gasteiger partial charge in [-0.1, -0.05) is 0 Å². The predicted molar refractivity (Wildman–Crippen MR) is 62.3 cm³/mol. The Morgan fingerprint density at radius 1 is 1.24 bits per heavy atom. The van der Waals surface area contributed by atoms with Gasteiger partial charge < -0.3 is 14.8 Å². The van der Waals surface area contributed by atoms with Crippen molar-refractivity contribution in [3.63, 3.8) is 0 Å². The molecule has 112 valence electrons. The van der Waals surface area contributed by atoms with Crippen LogP contribution in [0.25, 0.3) is 0 Å². The lowest BCUT2D eigenvalue weighted by atomic mass is 10.1. The fourth-order valence-electron chi connectivity index (χ4n) is 1.63. The average Bonchev–Trinajstić information content (AvgIpc) is 2.97. The fourth-order valence-corrected chi connectivity index (χ4v) is 1.63. The molecule has 8 heteroatoms. The summed E-state index contributed by atoms with van der Waals surface area (Å²) in [6.45, 7) is -0.455. The van der Waals surface area contributed by atoms with Gasteiger partial charge in [-0.3, -0.25) is 4.79 Å². The molecule has 1 amide bonds. The summed E-state index contributed by atoms with van der Waals surface area (Å²) in [6.07, 6.45) is 0.00950. The summed E-state index contributed by atoms with van der Waals surface area (Å²) in [4.78, 5) is 11.6. The molecular formula is C13H9F4NO3. The molecule has 21 heavy (non-hydrogen) atoms. The van der Waals surface area contributed by atoms with Crippen LogP contribution in [0.15, 0.2) is 28.9 Å². The second-order valence-corrected chi connectivity index (χ2v) is 4.08. The molecule has 1 atom stereocenters. The maximum absolute atomic E-state index is 13.4. The SMILES string of the molecule is O=C(NCC(O)c1ccco1)c1c(F)c(F)cc(F)c1F. The largest absolute Gasteiger partial charge is 0.467 e. The molecule has 2 N–H and O–H groups in total. The summed E-state index contributed by atoms with van der Waals surface area (Å²) >= 11 is 0. The van der Waals surface area contributed by atoms with Gasteiger partial charge >= 0.3 is 0 Å². The van der Waals surface area contributed by atoms with Crippen LogP contribution in [-0.4, -0.2) is 17.6 Å². The summed E-state index contributed by atoms with van der Waals surface area (Å²) in [5.74, 6) is -8.27. The van der Waals surface area contributed by atoms with Gasteiger partial charge in [-0.15, -0.1) is 0 Å². The van der Waals surface area contributed by atoms with Crippen molar-refractivity contribution in [2.45, 2.75) is 6.10 Å².